The zero-order valence-corrected chi connectivity index (χ0v) is 6.29. The van der Waals surface area contributed by atoms with E-state index in [9.17, 15) is 4.79 Å². The van der Waals surface area contributed by atoms with Gasteiger partial charge in [0.2, 0.25) is 0 Å². The minimum atomic E-state index is -0.787. The summed E-state index contributed by atoms with van der Waals surface area (Å²) >= 11 is 0. The summed E-state index contributed by atoms with van der Waals surface area (Å²) in [6.07, 6.45) is 1.35. The first-order valence-electron chi connectivity index (χ1n) is 3.81. The lowest BCUT2D eigenvalue weighted by atomic mass is 10.0. The molecule has 0 aromatic rings. The zero-order valence-electron chi connectivity index (χ0n) is 6.29. The normalized spacial score (nSPS) is 30.6. The van der Waals surface area contributed by atoms with Crippen LogP contribution in [0.5, 0.6) is 0 Å². The van der Waals surface area contributed by atoms with Crippen LogP contribution in [0.1, 0.15) is 12.8 Å². The molecule has 4 nitrogen and oxygen atoms in total. The molecular weight excluding hydrogens is 146 g/mol. The number of nitrogens with one attached hydrogen (secondary N) is 1. The molecule has 1 aliphatic rings. The summed E-state index contributed by atoms with van der Waals surface area (Å²) in [7, 11) is 0. The van der Waals surface area contributed by atoms with Crippen LogP contribution in [0.25, 0.3) is 0 Å². The smallest absolute Gasteiger partial charge is 0.320 e. The van der Waals surface area contributed by atoms with Crippen LogP contribution in [-0.2, 0) is 4.79 Å². The van der Waals surface area contributed by atoms with Crippen LogP contribution in [0.2, 0.25) is 0 Å². The van der Waals surface area contributed by atoms with E-state index in [-0.39, 0.29) is 6.61 Å². The van der Waals surface area contributed by atoms with E-state index in [0.29, 0.717) is 18.8 Å². The Balaban J connectivity index is 2.29. The number of rotatable bonds is 3. The Kier molecular flexibility index (Phi) is 2.84. The molecule has 1 saturated heterocycles. The van der Waals surface area contributed by atoms with Crippen LogP contribution in [0.3, 0.4) is 0 Å². The highest BCUT2D eigenvalue weighted by Gasteiger charge is 2.28. The molecule has 0 bridgehead atoms. The third-order valence-electron chi connectivity index (χ3n) is 2.06. The lowest BCUT2D eigenvalue weighted by Crippen LogP contribution is -2.29. The molecule has 0 aliphatic carbocycles. The third kappa shape index (κ3) is 2.17. The lowest BCUT2D eigenvalue weighted by Gasteiger charge is -2.03. The minimum absolute atomic E-state index is 0.151. The number of aliphatic hydroxyl groups excluding tert-OH is 1. The molecular formula is C7H13NO3. The van der Waals surface area contributed by atoms with Crippen LogP contribution >= 0.6 is 0 Å². The van der Waals surface area contributed by atoms with E-state index in [0.717, 1.165) is 6.54 Å². The quantitative estimate of drug-likeness (QED) is 0.516. The first-order valence-corrected chi connectivity index (χ1v) is 3.81. The molecule has 1 rings (SSSR count). The monoisotopic (exact) mass is 159 g/mol. The van der Waals surface area contributed by atoms with Crippen molar-refractivity contribution >= 4 is 5.97 Å². The second-order valence-corrected chi connectivity index (χ2v) is 2.91. The Morgan fingerprint density at radius 3 is 2.82 bits per heavy atom. The Hall–Kier alpha value is -0.610. The lowest BCUT2D eigenvalue weighted by molar-refractivity contribution is -0.139. The number of carboxylic acid groups (broad SMARTS) is 1. The van der Waals surface area contributed by atoms with Crippen molar-refractivity contribution in [2.75, 3.05) is 13.2 Å². The van der Waals surface area contributed by atoms with Crippen molar-refractivity contribution in [2.24, 2.45) is 5.92 Å². The van der Waals surface area contributed by atoms with Gasteiger partial charge >= 0.3 is 5.97 Å². The maximum absolute atomic E-state index is 10.4. The van der Waals surface area contributed by atoms with Crippen molar-refractivity contribution in [2.45, 2.75) is 18.9 Å². The number of hydrogen-bond donors (Lipinski definition) is 3. The highest BCUT2D eigenvalue weighted by atomic mass is 16.4. The summed E-state index contributed by atoms with van der Waals surface area (Å²) in [6, 6.07) is -0.397. The molecule has 0 radical (unpaired) electrons. The highest BCUT2D eigenvalue weighted by molar-refractivity contribution is 5.73. The van der Waals surface area contributed by atoms with Crippen molar-refractivity contribution in [3.05, 3.63) is 0 Å². The van der Waals surface area contributed by atoms with Gasteiger partial charge < -0.3 is 15.5 Å². The predicted molar refractivity (Wildman–Crippen MR) is 39.2 cm³/mol. The molecule has 11 heavy (non-hydrogen) atoms. The van der Waals surface area contributed by atoms with Gasteiger partial charge in [0.1, 0.15) is 6.04 Å². The third-order valence-corrected chi connectivity index (χ3v) is 2.06. The second kappa shape index (κ2) is 3.69. The van der Waals surface area contributed by atoms with E-state index >= 15 is 0 Å². The molecule has 0 aromatic heterocycles. The molecule has 64 valence electrons. The van der Waals surface area contributed by atoms with Crippen molar-refractivity contribution in [3.63, 3.8) is 0 Å². The maximum Gasteiger partial charge on any atom is 0.320 e. The highest BCUT2D eigenvalue weighted by Crippen LogP contribution is 2.16. The Morgan fingerprint density at radius 1 is 1.64 bits per heavy atom. The van der Waals surface area contributed by atoms with Crippen LogP contribution in [0.4, 0.5) is 0 Å². The van der Waals surface area contributed by atoms with E-state index in [4.69, 9.17) is 10.2 Å². The minimum Gasteiger partial charge on any atom is -0.480 e. The van der Waals surface area contributed by atoms with Gasteiger partial charge in [-0.2, -0.15) is 0 Å². The Bertz CT molecular complexity index is 149. The van der Waals surface area contributed by atoms with E-state index in [1.54, 1.807) is 0 Å². The predicted octanol–water partition coefficient (Wildman–Crippen LogP) is -0.569. The fourth-order valence-electron chi connectivity index (χ4n) is 1.40. The largest absolute Gasteiger partial charge is 0.480 e. The van der Waals surface area contributed by atoms with Gasteiger partial charge in [0.15, 0.2) is 0 Å². The molecule has 2 atom stereocenters. The van der Waals surface area contributed by atoms with Crippen LogP contribution in [0, 0.1) is 5.92 Å². The zero-order chi connectivity index (χ0) is 8.27. The summed E-state index contributed by atoms with van der Waals surface area (Å²) in [4.78, 5) is 10.4. The first-order chi connectivity index (χ1) is 5.24. The average Bonchev–Trinajstić information content (AvgIpc) is 2.37. The molecule has 1 aliphatic heterocycles. The molecule has 0 amide bonds. The summed E-state index contributed by atoms with van der Waals surface area (Å²) in [5.41, 5.74) is 0. The van der Waals surface area contributed by atoms with Gasteiger partial charge in [-0.1, -0.05) is 0 Å². The van der Waals surface area contributed by atoms with Crippen LogP contribution in [-0.4, -0.2) is 35.4 Å². The van der Waals surface area contributed by atoms with Gasteiger partial charge in [-0.25, -0.2) is 0 Å². The molecule has 3 N–H and O–H groups in total. The van der Waals surface area contributed by atoms with Crippen molar-refractivity contribution < 1.29 is 15.0 Å². The maximum atomic E-state index is 10.4. The van der Waals surface area contributed by atoms with Gasteiger partial charge in [-0.15, -0.1) is 0 Å². The van der Waals surface area contributed by atoms with Crippen molar-refractivity contribution in [3.8, 4) is 0 Å². The number of aliphatic carboxylic acids is 1. The summed E-state index contributed by atoms with van der Waals surface area (Å²) in [5, 5.41) is 20.0. The van der Waals surface area contributed by atoms with Gasteiger partial charge in [0.25, 0.3) is 0 Å². The topological polar surface area (TPSA) is 69.6 Å². The van der Waals surface area contributed by atoms with Crippen LogP contribution in [0.15, 0.2) is 0 Å². The fourth-order valence-corrected chi connectivity index (χ4v) is 1.40. The van der Waals surface area contributed by atoms with E-state index < -0.39 is 12.0 Å². The first kappa shape index (κ1) is 8.49. The summed E-state index contributed by atoms with van der Waals surface area (Å²) in [6.45, 7) is 0.871. The van der Waals surface area contributed by atoms with E-state index in [1.165, 1.54) is 0 Å². The van der Waals surface area contributed by atoms with Crippen LogP contribution < -0.4 is 5.32 Å². The van der Waals surface area contributed by atoms with E-state index in [1.807, 2.05) is 0 Å². The summed E-state index contributed by atoms with van der Waals surface area (Å²) in [5.74, 6) is -0.452. The molecule has 2 unspecified atom stereocenters. The Labute approximate surface area is 65.2 Å². The fraction of sp³-hybridized carbons (Fsp3) is 0.857. The van der Waals surface area contributed by atoms with Crippen molar-refractivity contribution in [1.29, 1.82) is 0 Å². The van der Waals surface area contributed by atoms with Crippen molar-refractivity contribution in [1.82, 2.24) is 5.32 Å². The number of aliphatic hydroxyl groups is 1. The molecule has 1 heterocycles. The standard InChI is InChI=1S/C7H13NO3/c9-2-1-5-3-6(7(10)11)8-4-5/h5-6,8-9H,1-4H2,(H,10,11). The number of carbonyl (C=O) groups is 1. The van der Waals surface area contributed by atoms with Gasteiger partial charge in [0, 0.05) is 6.61 Å². The van der Waals surface area contributed by atoms with Gasteiger partial charge in [0.05, 0.1) is 0 Å². The molecule has 0 saturated carbocycles. The molecule has 4 heteroatoms. The average molecular weight is 159 g/mol. The summed E-state index contributed by atoms with van der Waals surface area (Å²) < 4.78 is 0. The number of carboxylic acids is 1. The Morgan fingerprint density at radius 2 is 2.36 bits per heavy atom. The second-order valence-electron chi connectivity index (χ2n) is 2.91. The molecule has 0 aromatic carbocycles. The SMILES string of the molecule is O=C(O)C1CC(CCO)CN1. The van der Waals surface area contributed by atoms with Gasteiger partial charge in [-0.3, -0.25) is 4.79 Å². The number of hydrogen-bond acceptors (Lipinski definition) is 3. The van der Waals surface area contributed by atoms with E-state index in [2.05, 4.69) is 5.32 Å². The molecule has 0 spiro atoms. The van der Waals surface area contributed by atoms with Gasteiger partial charge in [-0.05, 0) is 25.3 Å². The molecule has 1 fully saturated rings.